The number of piperidine rings is 1. The number of carbonyl (C=O) groups is 1. The normalized spacial score (nSPS) is 16.2. The summed E-state index contributed by atoms with van der Waals surface area (Å²) >= 11 is 0. The molecule has 0 aromatic heterocycles. The number of hydrogen-bond acceptors (Lipinski definition) is 3. The first kappa shape index (κ1) is 16.2. The summed E-state index contributed by atoms with van der Waals surface area (Å²) in [6.45, 7) is 4.46. The van der Waals surface area contributed by atoms with Crippen LogP contribution in [0.5, 0.6) is 0 Å². The average molecular weight is 305 g/mol. The topological polar surface area (TPSA) is 67.6 Å². The van der Waals surface area contributed by atoms with Gasteiger partial charge in [-0.2, -0.15) is 5.26 Å². The highest BCUT2D eigenvalue weighted by molar-refractivity contribution is 5.65. The molecule has 2 rings (SSSR count). The Balaban J connectivity index is 1.94. The number of likely N-dealkylation sites (tertiary alicyclic amines) is 1. The van der Waals surface area contributed by atoms with Gasteiger partial charge in [0.2, 0.25) is 0 Å². The molecule has 1 amide bonds. The Morgan fingerprint density at radius 1 is 1.45 bits per heavy atom. The Morgan fingerprint density at radius 3 is 2.68 bits per heavy atom. The fourth-order valence-corrected chi connectivity index (χ4v) is 3.00. The third kappa shape index (κ3) is 3.95. The minimum Gasteiger partial charge on any atom is -0.465 e. The maximum Gasteiger partial charge on any atom is 0.407 e. The molecule has 0 bridgehead atoms. The monoisotopic (exact) mass is 305 g/mol. The molecule has 0 atom stereocenters. The number of nitriles is 1. The van der Waals surface area contributed by atoms with Gasteiger partial charge in [0.05, 0.1) is 11.6 Å². The van der Waals surface area contributed by atoms with Crippen LogP contribution in [0, 0.1) is 17.1 Å². The third-order valence-electron chi connectivity index (χ3n) is 4.08. The van der Waals surface area contributed by atoms with Crippen LogP contribution in [0.4, 0.5) is 9.18 Å². The summed E-state index contributed by atoms with van der Waals surface area (Å²) in [7, 11) is 0. The molecule has 1 aliphatic heterocycles. The Morgan fingerprint density at radius 2 is 2.14 bits per heavy atom. The van der Waals surface area contributed by atoms with Crippen LogP contribution in [0.1, 0.15) is 30.9 Å². The summed E-state index contributed by atoms with van der Waals surface area (Å²) in [4.78, 5) is 14.8. The summed E-state index contributed by atoms with van der Waals surface area (Å²) in [6, 6.07) is 6.38. The van der Waals surface area contributed by atoms with E-state index in [2.05, 4.69) is 4.90 Å². The molecule has 1 aromatic rings. The SMILES string of the molecule is CCN(C(=O)O)C1CCN(Cc2cc(F)cc(C#N)c2)CC1. The van der Waals surface area contributed by atoms with E-state index in [0.29, 0.717) is 18.7 Å². The van der Waals surface area contributed by atoms with Gasteiger partial charge in [0.1, 0.15) is 5.82 Å². The molecule has 0 unspecified atom stereocenters. The molecular weight excluding hydrogens is 285 g/mol. The second kappa shape index (κ2) is 7.23. The first-order valence-electron chi connectivity index (χ1n) is 7.45. The van der Waals surface area contributed by atoms with Gasteiger partial charge in [-0.3, -0.25) is 4.90 Å². The second-order valence-electron chi connectivity index (χ2n) is 5.54. The van der Waals surface area contributed by atoms with Crippen LogP contribution >= 0.6 is 0 Å². The van der Waals surface area contributed by atoms with E-state index in [-0.39, 0.29) is 6.04 Å². The largest absolute Gasteiger partial charge is 0.465 e. The number of amides is 1. The van der Waals surface area contributed by atoms with E-state index >= 15 is 0 Å². The van der Waals surface area contributed by atoms with Gasteiger partial charge in [-0.15, -0.1) is 0 Å². The lowest BCUT2D eigenvalue weighted by Crippen LogP contribution is -2.46. The molecule has 0 radical (unpaired) electrons. The van der Waals surface area contributed by atoms with E-state index in [1.807, 2.05) is 13.0 Å². The molecule has 1 N–H and O–H groups in total. The zero-order valence-electron chi connectivity index (χ0n) is 12.6. The van der Waals surface area contributed by atoms with Crippen LogP contribution in [0.2, 0.25) is 0 Å². The predicted octanol–water partition coefficient (Wildman–Crippen LogP) is 2.66. The van der Waals surface area contributed by atoms with Crippen LogP contribution < -0.4 is 0 Å². The second-order valence-corrected chi connectivity index (χ2v) is 5.54. The Bertz CT molecular complexity index is 577. The fourth-order valence-electron chi connectivity index (χ4n) is 3.00. The summed E-state index contributed by atoms with van der Waals surface area (Å²) in [5.74, 6) is -0.396. The van der Waals surface area contributed by atoms with Gasteiger partial charge >= 0.3 is 6.09 Å². The Hall–Kier alpha value is -2.13. The average Bonchev–Trinajstić information content (AvgIpc) is 2.48. The van der Waals surface area contributed by atoms with Crippen molar-refractivity contribution in [2.75, 3.05) is 19.6 Å². The van der Waals surface area contributed by atoms with Crippen molar-refractivity contribution < 1.29 is 14.3 Å². The molecule has 6 heteroatoms. The molecule has 0 spiro atoms. The van der Waals surface area contributed by atoms with Crippen LogP contribution in [0.15, 0.2) is 18.2 Å². The molecule has 1 aromatic carbocycles. The zero-order chi connectivity index (χ0) is 16.1. The highest BCUT2D eigenvalue weighted by Gasteiger charge is 2.26. The van der Waals surface area contributed by atoms with Crippen LogP contribution in [-0.2, 0) is 6.54 Å². The summed E-state index contributed by atoms with van der Waals surface area (Å²) in [5, 5.41) is 18.0. The lowest BCUT2D eigenvalue weighted by Gasteiger charge is -2.36. The van der Waals surface area contributed by atoms with Gasteiger partial charge in [0, 0.05) is 32.2 Å². The van der Waals surface area contributed by atoms with Gasteiger partial charge in [-0.05, 0) is 43.5 Å². The molecular formula is C16H20FN3O2. The summed E-state index contributed by atoms with van der Waals surface area (Å²) in [5.41, 5.74) is 1.11. The van der Waals surface area contributed by atoms with Crippen molar-refractivity contribution in [2.45, 2.75) is 32.4 Å². The van der Waals surface area contributed by atoms with Crippen molar-refractivity contribution in [3.63, 3.8) is 0 Å². The van der Waals surface area contributed by atoms with Gasteiger partial charge in [-0.25, -0.2) is 9.18 Å². The van der Waals surface area contributed by atoms with Crippen molar-refractivity contribution >= 4 is 6.09 Å². The minimum absolute atomic E-state index is 0.0564. The molecule has 1 saturated heterocycles. The highest BCUT2D eigenvalue weighted by Crippen LogP contribution is 2.19. The molecule has 1 heterocycles. The maximum atomic E-state index is 13.4. The van der Waals surface area contributed by atoms with Crippen molar-refractivity contribution in [1.29, 1.82) is 5.26 Å². The first-order chi connectivity index (χ1) is 10.5. The van der Waals surface area contributed by atoms with Crippen molar-refractivity contribution in [3.05, 3.63) is 35.1 Å². The molecule has 1 fully saturated rings. The smallest absolute Gasteiger partial charge is 0.407 e. The number of carboxylic acid groups (broad SMARTS) is 1. The van der Waals surface area contributed by atoms with Crippen LogP contribution in [-0.4, -0.2) is 46.7 Å². The van der Waals surface area contributed by atoms with Crippen molar-refractivity contribution in [3.8, 4) is 6.07 Å². The van der Waals surface area contributed by atoms with E-state index < -0.39 is 11.9 Å². The number of nitrogens with zero attached hydrogens (tertiary/aromatic N) is 3. The fraction of sp³-hybridized carbons (Fsp3) is 0.500. The predicted molar refractivity (Wildman–Crippen MR) is 79.8 cm³/mol. The van der Waals surface area contributed by atoms with Crippen molar-refractivity contribution in [2.24, 2.45) is 0 Å². The summed E-state index contributed by atoms with van der Waals surface area (Å²) < 4.78 is 13.4. The molecule has 0 saturated carbocycles. The van der Waals surface area contributed by atoms with Crippen LogP contribution in [0.3, 0.4) is 0 Å². The molecule has 5 nitrogen and oxygen atoms in total. The Labute approximate surface area is 129 Å². The third-order valence-corrected chi connectivity index (χ3v) is 4.08. The van der Waals surface area contributed by atoms with E-state index in [1.165, 1.54) is 17.0 Å². The van der Waals surface area contributed by atoms with Gasteiger partial charge in [-0.1, -0.05) is 0 Å². The number of benzene rings is 1. The molecule has 118 valence electrons. The maximum absolute atomic E-state index is 13.4. The minimum atomic E-state index is -0.871. The number of hydrogen-bond donors (Lipinski definition) is 1. The lowest BCUT2D eigenvalue weighted by molar-refractivity contribution is 0.0917. The Kier molecular flexibility index (Phi) is 5.34. The number of rotatable bonds is 4. The molecule has 22 heavy (non-hydrogen) atoms. The van der Waals surface area contributed by atoms with Crippen molar-refractivity contribution in [1.82, 2.24) is 9.80 Å². The number of halogens is 1. The van der Waals surface area contributed by atoms with E-state index in [1.54, 1.807) is 6.07 Å². The van der Waals surface area contributed by atoms with Gasteiger partial charge < -0.3 is 10.0 Å². The van der Waals surface area contributed by atoms with Crippen LogP contribution in [0.25, 0.3) is 0 Å². The standard InChI is InChI=1S/C16H20FN3O2/c1-2-20(16(21)22)15-3-5-19(6-4-15)11-13-7-12(10-18)8-14(17)9-13/h7-9,15H,2-6,11H2,1H3,(H,21,22). The summed E-state index contributed by atoms with van der Waals surface area (Å²) in [6.07, 6.45) is 0.686. The molecule has 0 aliphatic carbocycles. The highest BCUT2D eigenvalue weighted by atomic mass is 19.1. The van der Waals surface area contributed by atoms with E-state index in [9.17, 15) is 9.18 Å². The quantitative estimate of drug-likeness (QED) is 0.928. The zero-order valence-corrected chi connectivity index (χ0v) is 12.6. The van der Waals surface area contributed by atoms with E-state index in [4.69, 9.17) is 10.4 Å². The van der Waals surface area contributed by atoms with Gasteiger partial charge in [0.15, 0.2) is 0 Å². The lowest BCUT2D eigenvalue weighted by atomic mass is 10.0. The van der Waals surface area contributed by atoms with Gasteiger partial charge in [0.25, 0.3) is 0 Å². The first-order valence-corrected chi connectivity index (χ1v) is 7.45. The van der Waals surface area contributed by atoms with E-state index in [0.717, 1.165) is 31.5 Å². The molecule has 1 aliphatic rings.